The van der Waals surface area contributed by atoms with E-state index in [0.29, 0.717) is 17.2 Å². The van der Waals surface area contributed by atoms with Crippen molar-refractivity contribution in [1.29, 1.82) is 0 Å². The Morgan fingerprint density at radius 2 is 1.97 bits per heavy atom. The topological polar surface area (TPSA) is 129 Å². The molecule has 5 rings (SSSR count). The van der Waals surface area contributed by atoms with Crippen LogP contribution in [0.15, 0.2) is 60.9 Å². The number of aromatic nitrogens is 5. The Kier molecular flexibility index (Phi) is 6.70. The van der Waals surface area contributed by atoms with Crippen molar-refractivity contribution in [3.63, 3.8) is 0 Å². The van der Waals surface area contributed by atoms with E-state index in [0.717, 1.165) is 17.0 Å². The van der Waals surface area contributed by atoms with Crippen LogP contribution in [0.1, 0.15) is 23.1 Å². The van der Waals surface area contributed by atoms with Gasteiger partial charge in [0.25, 0.3) is 11.6 Å². The highest BCUT2D eigenvalue weighted by Gasteiger charge is 2.19. The van der Waals surface area contributed by atoms with Crippen molar-refractivity contribution in [1.82, 2.24) is 24.4 Å². The van der Waals surface area contributed by atoms with Gasteiger partial charge in [0.1, 0.15) is 11.5 Å². The Balaban J connectivity index is 1.46. The number of anilines is 1. The highest BCUT2D eigenvalue weighted by atomic mass is 35.5. The molecule has 1 amide bonds. The van der Waals surface area contributed by atoms with Crippen LogP contribution in [0, 0.1) is 17.0 Å². The lowest BCUT2D eigenvalue weighted by Crippen LogP contribution is -2.13. The second-order valence-corrected chi connectivity index (χ2v) is 9.04. The molecule has 13 heteroatoms. The number of nitro groups is 1. The molecule has 38 heavy (non-hydrogen) atoms. The van der Waals surface area contributed by atoms with E-state index in [1.807, 2.05) is 18.5 Å². The molecule has 0 atom stereocenters. The first kappa shape index (κ1) is 25.2. The average molecular weight is 552 g/mol. The number of aryl methyl sites for hydroxylation is 1. The number of halogens is 2. The molecule has 11 nitrogen and oxygen atoms in total. The minimum absolute atomic E-state index is 0.0696. The number of carbonyl (C=O) groups is 1. The van der Waals surface area contributed by atoms with Crippen molar-refractivity contribution in [3.05, 3.63) is 92.5 Å². The van der Waals surface area contributed by atoms with Crippen LogP contribution in [0.4, 0.5) is 11.4 Å². The zero-order valence-corrected chi connectivity index (χ0v) is 21.6. The number of fused-ring (bicyclic) bond motifs is 1. The summed E-state index contributed by atoms with van der Waals surface area (Å²) < 4.78 is 9.15. The summed E-state index contributed by atoms with van der Waals surface area (Å²) in [5, 5.41) is 23.6. The number of nitrogens with one attached hydrogen (secondary N) is 1. The number of nitro benzene ring substituents is 1. The minimum atomic E-state index is -0.591. The second-order valence-electron chi connectivity index (χ2n) is 8.19. The lowest BCUT2D eigenvalue weighted by Gasteiger charge is -2.10. The lowest BCUT2D eigenvalue weighted by molar-refractivity contribution is -0.384. The number of hydrogen-bond acceptors (Lipinski definition) is 7. The first-order chi connectivity index (χ1) is 18.2. The lowest BCUT2D eigenvalue weighted by atomic mass is 10.2. The van der Waals surface area contributed by atoms with Gasteiger partial charge in [-0.25, -0.2) is 9.50 Å². The summed E-state index contributed by atoms with van der Waals surface area (Å²) in [5.41, 5.74) is 2.90. The fourth-order valence-corrected chi connectivity index (χ4v) is 4.37. The normalized spacial score (nSPS) is 11.1. The Morgan fingerprint density at radius 1 is 1.16 bits per heavy atom. The van der Waals surface area contributed by atoms with Gasteiger partial charge in [0.2, 0.25) is 0 Å². The van der Waals surface area contributed by atoms with Gasteiger partial charge < -0.3 is 10.1 Å². The predicted molar refractivity (Wildman–Crippen MR) is 142 cm³/mol. The van der Waals surface area contributed by atoms with E-state index >= 15 is 0 Å². The Morgan fingerprint density at radius 3 is 2.68 bits per heavy atom. The van der Waals surface area contributed by atoms with E-state index in [-0.39, 0.29) is 33.6 Å². The van der Waals surface area contributed by atoms with E-state index in [1.165, 1.54) is 36.4 Å². The van der Waals surface area contributed by atoms with Crippen LogP contribution in [-0.2, 0) is 6.54 Å². The molecule has 0 bridgehead atoms. The van der Waals surface area contributed by atoms with Crippen molar-refractivity contribution >= 4 is 46.1 Å². The average Bonchev–Trinajstić information content (AvgIpc) is 3.49. The van der Waals surface area contributed by atoms with Crippen molar-refractivity contribution < 1.29 is 14.5 Å². The summed E-state index contributed by atoms with van der Waals surface area (Å²) in [6, 6.07) is 11.8. The molecule has 192 valence electrons. The second kappa shape index (κ2) is 10.1. The van der Waals surface area contributed by atoms with E-state index in [9.17, 15) is 14.9 Å². The van der Waals surface area contributed by atoms with Crippen molar-refractivity contribution in [2.45, 2.75) is 20.4 Å². The standard InChI is InChI=1S/C25H19Cl2N7O4/c1-3-32-14(2)19(13-29-32)22-6-7-28-24-12-21(31-33(22)24)25(35)30-16-9-17(34(36)37)11-18(10-16)38-23-5-4-15(26)8-20(23)27/h4-13H,3H2,1-2H3,(H,30,35). The molecule has 3 heterocycles. The smallest absolute Gasteiger partial charge is 0.276 e. The third kappa shape index (κ3) is 4.89. The van der Waals surface area contributed by atoms with Crippen LogP contribution in [0.3, 0.4) is 0 Å². The number of amides is 1. The van der Waals surface area contributed by atoms with Gasteiger partial charge in [-0.15, -0.1) is 0 Å². The highest BCUT2D eigenvalue weighted by molar-refractivity contribution is 6.35. The molecular weight excluding hydrogens is 533 g/mol. The van der Waals surface area contributed by atoms with Gasteiger partial charge >= 0.3 is 0 Å². The number of nitrogens with zero attached hydrogens (tertiary/aromatic N) is 6. The number of ether oxygens (including phenoxy) is 1. The van der Waals surface area contributed by atoms with Gasteiger partial charge in [-0.1, -0.05) is 23.2 Å². The Labute approximate surface area is 225 Å². The minimum Gasteiger partial charge on any atom is -0.455 e. The molecule has 0 radical (unpaired) electrons. The number of hydrogen-bond donors (Lipinski definition) is 1. The highest BCUT2D eigenvalue weighted by Crippen LogP contribution is 2.35. The van der Waals surface area contributed by atoms with Gasteiger partial charge in [0.15, 0.2) is 11.3 Å². The maximum absolute atomic E-state index is 13.1. The molecule has 0 aliphatic carbocycles. The number of rotatable bonds is 7. The maximum atomic E-state index is 13.1. The fraction of sp³-hybridized carbons (Fsp3) is 0.120. The van der Waals surface area contributed by atoms with E-state index in [1.54, 1.807) is 29.0 Å². The van der Waals surface area contributed by atoms with E-state index in [2.05, 4.69) is 20.5 Å². The number of benzene rings is 2. The Bertz CT molecular complexity index is 1710. The SMILES string of the molecule is CCn1ncc(-c2ccnc3cc(C(=O)Nc4cc(Oc5ccc(Cl)cc5Cl)cc([N+](=O)[O-])c4)nn23)c1C. The van der Waals surface area contributed by atoms with Crippen LogP contribution in [-0.4, -0.2) is 35.2 Å². The van der Waals surface area contributed by atoms with Crippen LogP contribution < -0.4 is 10.1 Å². The molecule has 0 aliphatic heterocycles. The maximum Gasteiger partial charge on any atom is 0.276 e. The van der Waals surface area contributed by atoms with Crippen LogP contribution in [0.25, 0.3) is 16.9 Å². The van der Waals surface area contributed by atoms with Gasteiger partial charge in [-0.3, -0.25) is 19.6 Å². The summed E-state index contributed by atoms with van der Waals surface area (Å²) in [7, 11) is 0. The van der Waals surface area contributed by atoms with Crippen LogP contribution in [0.2, 0.25) is 10.0 Å². The largest absolute Gasteiger partial charge is 0.455 e. The molecule has 0 saturated carbocycles. The van der Waals surface area contributed by atoms with E-state index < -0.39 is 10.8 Å². The molecule has 1 N–H and O–H groups in total. The Hall–Kier alpha value is -4.48. The van der Waals surface area contributed by atoms with Crippen molar-refractivity contribution in [3.8, 4) is 22.8 Å². The fourth-order valence-electron chi connectivity index (χ4n) is 3.93. The summed E-state index contributed by atoms with van der Waals surface area (Å²) >= 11 is 12.1. The molecule has 0 saturated heterocycles. The number of carbonyl (C=O) groups excluding carboxylic acids is 1. The third-order valence-electron chi connectivity index (χ3n) is 5.75. The predicted octanol–water partition coefficient (Wildman–Crippen LogP) is 6.18. The first-order valence-corrected chi connectivity index (χ1v) is 12.1. The van der Waals surface area contributed by atoms with Crippen molar-refractivity contribution in [2.24, 2.45) is 0 Å². The summed E-state index contributed by atoms with van der Waals surface area (Å²) in [6.45, 7) is 4.66. The molecule has 2 aromatic carbocycles. The molecule has 0 aliphatic rings. The summed E-state index contributed by atoms with van der Waals surface area (Å²) in [6.07, 6.45) is 3.37. The van der Waals surface area contributed by atoms with Gasteiger partial charge in [0.05, 0.1) is 33.6 Å². The molecule has 0 fully saturated rings. The third-order valence-corrected chi connectivity index (χ3v) is 6.28. The van der Waals surface area contributed by atoms with Gasteiger partial charge in [-0.05, 0) is 38.1 Å². The van der Waals surface area contributed by atoms with Crippen molar-refractivity contribution in [2.75, 3.05) is 5.32 Å². The van der Waals surface area contributed by atoms with Crippen LogP contribution in [0.5, 0.6) is 11.5 Å². The number of non-ortho nitro benzene ring substituents is 1. The van der Waals surface area contributed by atoms with Gasteiger partial charge in [-0.2, -0.15) is 10.2 Å². The van der Waals surface area contributed by atoms with Crippen LogP contribution >= 0.6 is 23.2 Å². The molecular formula is C25H19Cl2N7O4. The molecule has 0 unspecified atom stereocenters. The zero-order chi connectivity index (χ0) is 27.0. The monoisotopic (exact) mass is 551 g/mol. The quantitative estimate of drug-likeness (QED) is 0.189. The zero-order valence-electron chi connectivity index (χ0n) is 20.1. The summed E-state index contributed by atoms with van der Waals surface area (Å²) in [4.78, 5) is 28.4. The first-order valence-electron chi connectivity index (χ1n) is 11.3. The van der Waals surface area contributed by atoms with E-state index in [4.69, 9.17) is 27.9 Å². The molecule has 0 spiro atoms. The summed E-state index contributed by atoms with van der Waals surface area (Å²) in [5.74, 6) is -0.242. The molecule has 3 aromatic heterocycles. The van der Waals surface area contributed by atoms with Gasteiger partial charge in [0, 0.05) is 47.2 Å². The molecule has 5 aromatic rings.